The van der Waals surface area contributed by atoms with E-state index in [4.69, 9.17) is 10.5 Å². The Bertz CT molecular complexity index is 366. The van der Waals surface area contributed by atoms with E-state index in [1.54, 1.807) is 13.0 Å². The van der Waals surface area contributed by atoms with Crippen molar-refractivity contribution in [2.45, 2.75) is 32.4 Å². The molecule has 1 rings (SSSR count). The van der Waals surface area contributed by atoms with Gasteiger partial charge >= 0.3 is 0 Å². The molecule has 90 valence electrons. The number of nitrogens with one attached hydrogen (secondary N) is 1. The third-order valence-electron chi connectivity index (χ3n) is 2.42. The Morgan fingerprint density at radius 2 is 2.12 bits per heavy atom. The molecule has 6 nitrogen and oxygen atoms in total. The molecule has 1 aromatic heterocycles. The Balaban J connectivity index is 2.93. The molecule has 0 fully saturated rings. The van der Waals surface area contributed by atoms with Gasteiger partial charge in [0.25, 0.3) is 0 Å². The number of aromatic nitrogens is 2. The van der Waals surface area contributed by atoms with Gasteiger partial charge in [0.2, 0.25) is 11.8 Å². The number of anilines is 2. The molecule has 0 bridgehead atoms. The molecule has 16 heavy (non-hydrogen) atoms. The molecular weight excluding hydrogens is 208 g/mol. The quantitative estimate of drug-likeness (QED) is 0.697. The van der Waals surface area contributed by atoms with E-state index in [0.717, 1.165) is 0 Å². The third-order valence-corrected chi connectivity index (χ3v) is 2.42. The highest BCUT2D eigenvalue weighted by Gasteiger charge is 2.24. The van der Waals surface area contributed by atoms with Crippen molar-refractivity contribution in [2.24, 2.45) is 0 Å². The summed E-state index contributed by atoms with van der Waals surface area (Å²) >= 11 is 0. The summed E-state index contributed by atoms with van der Waals surface area (Å²) in [5, 5.41) is 12.6. The Kier molecular flexibility index (Phi) is 3.54. The number of aliphatic hydroxyl groups excluding tert-OH is 1. The van der Waals surface area contributed by atoms with Crippen LogP contribution in [0.4, 0.5) is 11.8 Å². The zero-order valence-electron chi connectivity index (χ0n) is 9.98. The predicted molar refractivity (Wildman–Crippen MR) is 62.4 cm³/mol. The van der Waals surface area contributed by atoms with Crippen molar-refractivity contribution in [3.63, 3.8) is 0 Å². The fourth-order valence-electron chi connectivity index (χ4n) is 1.05. The van der Waals surface area contributed by atoms with Gasteiger partial charge in [0, 0.05) is 6.07 Å². The Labute approximate surface area is 94.9 Å². The van der Waals surface area contributed by atoms with Gasteiger partial charge in [-0.1, -0.05) is 0 Å². The molecule has 0 aromatic carbocycles. The third kappa shape index (κ3) is 2.96. The second-order valence-corrected chi connectivity index (χ2v) is 4.18. The summed E-state index contributed by atoms with van der Waals surface area (Å²) in [6, 6.07) is 1.63. The van der Waals surface area contributed by atoms with Crippen molar-refractivity contribution in [1.82, 2.24) is 9.97 Å². The number of nitrogens with zero attached hydrogens (tertiary/aromatic N) is 2. The van der Waals surface area contributed by atoms with Crippen molar-refractivity contribution in [3.05, 3.63) is 6.07 Å². The van der Waals surface area contributed by atoms with Gasteiger partial charge in [-0.05, 0) is 20.8 Å². The normalized spacial score (nSPS) is 13.3. The lowest BCUT2D eigenvalue weighted by Gasteiger charge is -2.29. The number of methoxy groups -OCH3 is 1. The van der Waals surface area contributed by atoms with Gasteiger partial charge in [-0.3, -0.25) is 0 Å². The molecular formula is C10H18N4O2. The van der Waals surface area contributed by atoms with Gasteiger partial charge in [0.1, 0.15) is 5.82 Å². The second-order valence-electron chi connectivity index (χ2n) is 4.18. The van der Waals surface area contributed by atoms with Crippen LogP contribution in [0.1, 0.15) is 20.8 Å². The van der Waals surface area contributed by atoms with Gasteiger partial charge < -0.3 is 20.9 Å². The van der Waals surface area contributed by atoms with Crippen molar-refractivity contribution < 1.29 is 9.84 Å². The number of hydrogen-bond acceptors (Lipinski definition) is 6. The van der Waals surface area contributed by atoms with Crippen LogP contribution < -0.4 is 15.8 Å². The van der Waals surface area contributed by atoms with E-state index >= 15 is 0 Å². The summed E-state index contributed by atoms with van der Waals surface area (Å²) in [6.07, 6.45) is -0.533. The van der Waals surface area contributed by atoms with Crippen LogP contribution in [0, 0.1) is 0 Å². The summed E-state index contributed by atoms with van der Waals surface area (Å²) in [6.45, 7) is 5.43. The molecule has 0 amide bonds. The summed E-state index contributed by atoms with van der Waals surface area (Å²) in [7, 11) is 1.51. The topological polar surface area (TPSA) is 93.3 Å². The van der Waals surface area contributed by atoms with Crippen LogP contribution in [0.15, 0.2) is 6.07 Å². The number of ether oxygens (including phenoxy) is 1. The first-order valence-electron chi connectivity index (χ1n) is 5.00. The largest absolute Gasteiger partial charge is 0.481 e. The molecule has 0 spiro atoms. The smallest absolute Gasteiger partial charge is 0.225 e. The molecule has 1 unspecified atom stereocenters. The van der Waals surface area contributed by atoms with E-state index < -0.39 is 11.6 Å². The van der Waals surface area contributed by atoms with E-state index in [-0.39, 0.29) is 5.95 Å². The van der Waals surface area contributed by atoms with E-state index in [2.05, 4.69) is 15.3 Å². The van der Waals surface area contributed by atoms with Crippen LogP contribution in [0.25, 0.3) is 0 Å². The summed E-state index contributed by atoms with van der Waals surface area (Å²) < 4.78 is 4.98. The predicted octanol–water partition coefficient (Wildman–Crippen LogP) is 0.639. The zero-order valence-corrected chi connectivity index (χ0v) is 9.98. The SMILES string of the molecule is COc1cc(NC(C)(C)C(C)O)nc(N)n1. The number of hydrogen-bond donors (Lipinski definition) is 3. The van der Waals surface area contributed by atoms with E-state index in [1.165, 1.54) is 7.11 Å². The zero-order chi connectivity index (χ0) is 12.3. The minimum Gasteiger partial charge on any atom is -0.481 e. The Morgan fingerprint density at radius 1 is 1.50 bits per heavy atom. The van der Waals surface area contributed by atoms with Gasteiger partial charge in [-0.2, -0.15) is 9.97 Å². The molecule has 1 aromatic rings. The van der Waals surface area contributed by atoms with Gasteiger partial charge in [0.05, 0.1) is 18.8 Å². The minimum absolute atomic E-state index is 0.128. The minimum atomic E-state index is -0.533. The van der Waals surface area contributed by atoms with Gasteiger partial charge in [-0.25, -0.2) is 0 Å². The Hall–Kier alpha value is -1.56. The summed E-state index contributed by atoms with van der Waals surface area (Å²) in [4.78, 5) is 7.88. The number of aliphatic hydroxyl groups is 1. The lowest BCUT2D eigenvalue weighted by molar-refractivity contribution is 0.133. The maximum absolute atomic E-state index is 9.57. The average Bonchev–Trinajstić information content (AvgIpc) is 2.15. The molecule has 0 saturated heterocycles. The fourth-order valence-corrected chi connectivity index (χ4v) is 1.05. The monoisotopic (exact) mass is 226 g/mol. The molecule has 0 aliphatic carbocycles. The lowest BCUT2D eigenvalue weighted by atomic mass is 9.99. The van der Waals surface area contributed by atoms with Gasteiger partial charge in [-0.15, -0.1) is 0 Å². The first-order valence-corrected chi connectivity index (χ1v) is 5.00. The molecule has 0 aliphatic heterocycles. The highest BCUT2D eigenvalue weighted by atomic mass is 16.5. The highest BCUT2D eigenvalue weighted by molar-refractivity contribution is 5.44. The number of rotatable bonds is 4. The first-order chi connectivity index (χ1) is 7.35. The van der Waals surface area contributed by atoms with Crippen LogP contribution in [-0.4, -0.2) is 33.8 Å². The second kappa shape index (κ2) is 4.52. The molecule has 6 heteroatoms. The standard InChI is InChI=1S/C10H18N4O2/c1-6(15)10(2,3)14-7-5-8(16-4)13-9(11)12-7/h5-6,15H,1-4H3,(H3,11,12,13,14). The fraction of sp³-hybridized carbons (Fsp3) is 0.600. The van der Waals surface area contributed by atoms with Crippen LogP contribution in [0.3, 0.4) is 0 Å². The van der Waals surface area contributed by atoms with Crippen LogP contribution in [-0.2, 0) is 0 Å². The van der Waals surface area contributed by atoms with Crippen molar-refractivity contribution in [2.75, 3.05) is 18.2 Å². The number of nitrogen functional groups attached to an aromatic ring is 1. The lowest BCUT2D eigenvalue weighted by Crippen LogP contribution is -2.42. The molecule has 0 radical (unpaired) electrons. The number of nitrogens with two attached hydrogens (primary N) is 1. The van der Waals surface area contributed by atoms with Crippen LogP contribution in [0.5, 0.6) is 5.88 Å². The maximum Gasteiger partial charge on any atom is 0.225 e. The van der Waals surface area contributed by atoms with E-state index in [0.29, 0.717) is 11.7 Å². The molecule has 4 N–H and O–H groups in total. The first kappa shape index (κ1) is 12.5. The van der Waals surface area contributed by atoms with Crippen molar-refractivity contribution >= 4 is 11.8 Å². The molecule has 0 saturated carbocycles. The maximum atomic E-state index is 9.57. The van der Waals surface area contributed by atoms with E-state index in [1.807, 2.05) is 13.8 Å². The van der Waals surface area contributed by atoms with Crippen LogP contribution in [0.2, 0.25) is 0 Å². The summed E-state index contributed by atoms with van der Waals surface area (Å²) in [5.41, 5.74) is 5.02. The molecule has 0 aliphatic rings. The van der Waals surface area contributed by atoms with Crippen molar-refractivity contribution in [1.29, 1.82) is 0 Å². The highest BCUT2D eigenvalue weighted by Crippen LogP contribution is 2.20. The average molecular weight is 226 g/mol. The molecule has 1 heterocycles. The summed E-state index contributed by atoms with van der Waals surface area (Å²) in [5.74, 6) is 1.04. The van der Waals surface area contributed by atoms with Crippen molar-refractivity contribution in [3.8, 4) is 5.88 Å². The van der Waals surface area contributed by atoms with Crippen LogP contribution >= 0.6 is 0 Å². The Morgan fingerprint density at radius 3 is 2.62 bits per heavy atom. The van der Waals surface area contributed by atoms with Gasteiger partial charge in [0.15, 0.2) is 0 Å². The van der Waals surface area contributed by atoms with E-state index in [9.17, 15) is 5.11 Å². The molecule has 1 atom stereocenters.